The average molecular weight is 414 g/mol. The molecule has 3 rings (SSSR count). The van der Waals surface area contributed by atoms with Crippen molar-refractivity contribution in [2.45, 2.75) is 36.7 Å². The second kappa shape index (κ2) is 9.42. The molecule has 0 fully saturated rings. The van der Waals surface area contributed by atoms with E-state index in [9.17, 15) is 9.59 Å². The zero-order valence-corrected chi connectivity index (χ0v) is 17.1. The van der Waals surface area contributed by atoms with E-state index in [0.717, 1.165) is 11.4 Å². The third-order valence-corrected chi connectivity index (χ3v) is 5.45. The van der Waals surface area contributed by atoms with E-state index in [-0.39, 0.29) is 17.6 Å². The molecule has 152 valence electrons. The molecule has 1 aromatic carbocycles. The summed E-state index contributed by atoms with van der Waals surface area (Å²) < 4.78 is 7.30. The summed E-state index contributed by atoms with van der Waals surface area (Å²) in [5.41, 5.74) is 6.10. The first-order valence-electron chi connectivity index (χ1n) is 9.17. The van der Waals surface area contributed by atoms with E-state index in [1.54, 1.807) is 24.3 Å². The molecule has 2 amide bonds. The monoisotopic (exact) mass is 413 g/mol. The Morgan fingerprint density at radius 2 is 1.97 bits per heavy atom. The Hall–Kier alpha value is -3.07. The number of benzene rings is 1. The molecule has 0 saturated heterocycles. The molecule has 1 atom stereocenters. The number of amides is 2. The predicted molar refractivity (Wildman–Crippen MR) is 111 cm³/mol. The van der Waals surface area contributed by atoms with Gasteiger partial charge in [-0.15, -0.1) is 10.2 Å². The minimum absolute atomic E-state index is 0.0487. The van der Waals surface area contributed by atoms with E-state index in [2.05, 4.69) is 10.2 Å². The summed E-state index contributed by atoms with van der Waals surface area (Å²) in [6.07, 6.45) is 2.14. The third-order valence-electron chi connectivity index (χ3n) is 4.39. The highest BCUT2D eigenvalue weighted by atomic mass is 32.2. The molecule has 0 aliphatic carbocycles. The number of thioether (sulfide) groups is 1. The highest BCUT2D eigenvalue weighted by molar-refractivity contribution is 8.00. The van der Waals surface area contributed by atoms with Crippen molar-refractivity contribution in [2.75, 3.05) is 11.9 Å². The van der Waals surface area contributed by atoms with Crippen LogP contribution in [0.2, 0.25) is 0 Å². The maximum atomic E-state index is 12.9. The van der Waals surface area contributed by atoms with E-state index >= 15 is 0 Å². The lowest BCUT2D eigenvalue weighted by Crippen LogP contribution is -2.33. The molecule has 2 aromatic heterocycles. The largest absolute Gasteiger partial charge is 0.467 e. The lowest BCUT2D eigenvalue weighted by atomic mass is 10.3. The highest BCUT2D eigenvalue weighted by Gasteiger charge is 2.24. The van der Waals surface area contributed by atoms with E-state index in [1.165, 1.54) is 11.8 Å². The van der Waals surface area contributed by atoms with Crippen molar-refractivity contribution < 1.29 is 14.0 Å². The first-order chi connectivity index (χ1) is 14.0. The van der Waals surface area contributed by atoms with Crippen LogP contribution >= 0.6 is 11.8 Å². The summed E-state index contributed by atoms with van der Waals surface area (Å²) in [7, 11) is 1.75. The van der Waals surface area contributed by atoms with Crippen LogP contribution in [0, 0.1) is 0 Å². The minimum atomic E-state index is -0.403. The molecule has 2 N–H and O–H groups in total. The molecule has 0 bridgehead atoms. The number of primary amides is 1. The van der Waals surface area contributed by atoms with Crippen molar-refractivity contribution in [3.05, 3.63) is 60.3 Å². The third kappa shape index (κ3) is 5.26. The summed E-state index contributed by atoms with van der Waals surface area (Å²) in [6.45, 7) is 2.24. The van der Waals surface area contributed by atoms with E-state index in [1.807, 2.05) is 47.9 Å². The van der Waals surface area contributed by atoms with Gasteiger partial charge in [-0.25, -0.2) is 0 Å². The molecule has 0 radical (unpaired) electrons. The Kier molecular flexibility index (Phi) is 6.71. The normalized spacial score (nSPS) is 11.9. The van der Waals surface area contributed by atoms with Crippen molar-refractivity contribution >= 4 is 29.3 Å². The zero-order valence-electron chi connectivity index (χ0n) is 16.3. The molecular formula is C20H23N5O3S. The number of aryl methyl sites for hydroxylation is 1. The fourth-order valence-corrected chi connectivity index (χ4v) is 3.76. The van der Waals surface area contributed by atoms with Gasteiger partial charge in [0.25, 0.3) is 0 Å². The maximum absolute atomic E-state index is 12.9. The smallest absolute Gasteiger partial charge is 0.240 e. The molecule has 0 spiro atoms. The van der Waals surface area contributed by atoms with Crippen LogP contribution in [0.3, 0.4) is 0 Å². The van der Waals surface area contributed by atoms with Crippen molar-refractivity contribution in [1.29, 1.82) is 0 Å². The van der Waals surface area contributed by atoms with Crippen LogP contribution in [0.1, 0.15) is 24.9 Å². The molecular weight excluding hydrogens is 390 g/mol. The van der Waals surface area contributed by atoms with E-state index < -0.39 is 5.91 Å². The molecule has 0 aliphatic heterocycles. The summed E-state index contributed by atoms with van der Waals surface area (Å²) in [5, 5.41) is 8.64. The lowest BCUT2D eigenvalue weighted by molar-refractivity contribution is -0.118. The molecule has 9 heteroatoms. The first-order valence-corrected chi connectivity index (χ1v) is 10.1. The minimum Gasteiger partial charge on any atom is -0.467 e. The summed E-state index contributed by atoms with van der Waals surface area (Å²) in [4.78, 5) is 25.7. The molecule has 0 aliphatic rings. The molecule has 3 aromatic rings. The number of nitrogens with two attached hydrogens (primary N) is 1. The zero-order chi connectivity index (χ0) is 20.8. The van der Waals surface area contributed by atoms with Gasteiger partial charge in [-0.3, -0.25) is 14.2 Å². The van der Waals surface area contributed by atoms with Crippen LogP contribution in [0.5, 0.6) is 0 Å². The van der Waals surface area contributed by atoms with Crippen LogP contribution in [-0.2, 0) is 22.6 Å². The van der Waals surface area contributed by atoms with Gasteiger partial charge in [-0.05, 0) is 31.2 Å². The Morgan fingerprint density at radius 3 is 2.62 bits per heavy atom. The van der Waals surface area contributed by atoms with Gasteiger partial charge >= 0.3 is 0 Å². The van der Waals surface area contributed by atoms with Gasteiger partial charge in [0, 0.05) is 25.6 Å². The van der Waals surface area contributed by atoms with Crippen LogP contribution in [-0.4, -0.2) is 38.9 Å². The number of para-hydroxylation sites is 1. The number of hydrogen-bond donors (Lipinski definition) is 1. The number of hydrogen-bond acceptors (Lipinski definition) is 6. The highest BCUT2D eigenvalue weighted by Crippen LogP contribution is 2.26. The van der Waals surface area contributed by atoms with Crippen molar-refractivity contribution in [3.8, 4) is 0 Å². The fraction of sp³-hybridized carbons (Fsp3) is 0.300. The van der Waals surface area contributed by atoms with E-state index in [4.69, 9.17) is 10.2 Å². The van der Waals surface area contributed by atoms with Gasteiger partial charge in [0.2, 0.25) is 11.8 Å². The van der Waals surface area contributed by atoms with Gasteiger partial charge in [-0.1, -0.05) is 30.0 Å². The Balaban J connectivity index is 1.78. The number of rotatable bonds is 9. The Bertz CT molecular complexity index is 956. The van der Waals surface area contributed by atoms with Gasteiger partial charge in [-0.2, -0.15) is 0 Å². The van der Waals surface area contributed by atoms with Gasteiger partial charge in [0.1, 0.15) is 11.6 Å². The van der Waals surface area contributed by atoms with Gasteiger partial charge in [0.05, 0.1) is 18.1 Å². The molecule has 29 heavy (non-hydrogen) atoms. The summed E-state index contributed by atoms with van der Waals surface area (Å²) in [5.74, 6) is 0.901. The summed E-state index contributed by atoms with van der Waals surface area (Å²) >= 11 is 1.32. The van der Waals surface area contributed by atoms with Crippen molar-refractivity contribution in [3.63, 3.8) is 0 Å². The lowest BCUT2D eigenvalue weighted by Gasteiger charge is -2.21. The molecule has 0 saturated carbocycles. The average Bonchev–Trinajstić information content (AvgIpc) is 3.37. The van der Waals surface area contributed by atoms with Crippen LogP contribution in [0.25, 0.3) is 0 Å². The number of aromatic nitrogens is 3. The van der Waals surface area contributed by atoms with Gasteiger partial charge < -0.3 is 15.1 Å². The second-order valence-electron chi connectivity index (χ2n) is 6.52. The van der Waals surface area contributed by atoms with Crippen LogP contribution < -0.4 is 10.6 Å². The maximum Gasteiger partial charge on any atom is 0.240 e. The Labute approximate surface area is 173 Å². The SMILES string of the molecule is C[C@@H](Sc1nnc(CCC(N)=O)n1Cc1ccco1)C(=O)N(C)c1ccccc1. The van der Waals surface area contributed by atoms with E-state index in [0.29, 0.717) is 23.9 Å². The number of carbonyl (C=O) groups excluding carboxylic acids is 2. The standard InChI is InChI=1S/C20H23N5O3S/c1-14(19(27)24(2)15-7-4-3-5-8-15)29-20-23-22-18(11-10-17(21)26)25(20)13-16-9-6-12-28-16/h3-9,12,14H,10-11,13H2,1-2H3,(H2,21,26)/t14-/m1/s1. The number of furan rings is 1. The Morgan fingerprint density at radius 1 is 1.21 bits per heavy atom. The first kappa shape index (κ1) is 20.7. The van der Waals surface area contributed by atoms with Crippen LogP contribution in [0.15, 0.2) is 58.3 Å². The number of carbonyl (C=O) groups is 2. The number of nitrogens with zero attached hydrogens (tertiary/aromatic N) is 4. The predicted octanol–water partition coefficient (Wildman–Crippen LogP) is 2.48. The second-order valence-corrected chi connectivity index (χ2v) is 7.83. The van der Waals surface area contributed by atoms with Gasteiger partial charge in [0.15, 0.2) is 5.16 Å². The molecule has 8 nitrogen and oxygen atoms in total. The number of anilines is 1. The molecule has 2 heterocycles. The van der Waals surface area contributed by atoms with Crippen molar-refractivity contribution in [1.82, 2.24) is 14.8 Å². The van der Waals surface area contributed by atoms with Crippen LogP contribution in [0.4, 0.5) is 5.69 Å². The quantitative estimate of drug-likeness (QED) is 0.540. The summed E-state index contributed by atoms with van der Waals surface area (Å²) in [6, 6.07) is 13.1. The molecule has 0 unspecified atom stereocenters. The topological polar surface area (TPSA) is 107 Å². The fourth-order valence-electron chi connectivity index (χ4n) is 2.80. The van der Waals surface area contributed by atoms with Crippen molar-refractivity contribution in [2.24, 2.45) is 5.73 Å².